The van der Waals surface area contributed by atoms with Crippen molar-refractivity contribution in [3.8, 4) is 5.75 Å². The molecule has 4 heteroatoms. The summed E-state index contributed by atoms with van der Waals surface area (Å²) in [4.78, 5) is 3.00. The molecule has 0 spiro atoms. The van der Waals surface area contributed by atoms with Gasteiger partial charge < -0.3 is 4.74 Å². The Morgan fingerprint density at radius 2 is 1.95 bits per heavy atom. The van der Waals surface area contributed by atoms with Gasteiger partial charge in [0.05, 0.1) is 7.11 Å². The van der Waals surface area contributed by atoms with Crippen LogP contribution >= 0.6 is 0 Å². The van der Waals surface area contributed by atoms with Gasteiger partial charge >= 0.3 is 0 Å². The molecule has 2 atom stereocenters. The second-order valence-corrected chi connectivity index (χ2v) is 5.29. The average molecular weight is 279 g/mol. The van der Waals surface area contributed by atoms with Crippen molar-refractivity contribution in [1.82, 2.24) is 0 Å². The zero-order valence-corrected chi connectivity index (χ0v) is 11.9. The quantitative estimate of drug-likeness (QED) is 0.465. The number of fused-ring (bicyclic) bond motifs is 1. The molecule has 0 aliphatic heterocycles. The molecule has 0 N–H and O–H groups in total. The minimum absolute atomic E-state index is 0.0241. The van der Waals surface area contributed by atoms with Crippen molar-refractivity contribution in [3.63, 3.8) is 0 Å². The highest BCUT2D eigenvalue weighted by Crippen LogP contribution is 2.41. The first-order valence-electron chi connectivity index (χ1n) is 7.08. The molecule has 0 saturated heterocycles. The van der Waals surface area contributed by atoms with Crippen LogP contribution in [0.15, 0.2) is 53.6 Å². The van der Waals surface area contributed by atoms with E-state index in [1.54, 1.807) is 7.11 Å². The summed E-state index contributed by atoms with van der Waals surface area (Å²) in [5.41, 5.74) is 12.5. The third-order valence-corrected chi connectivity index (χ3v) is 4.13. The number of methoxy groups -OCH3 is 1. The van der Waals surface area contributed by atoms with Gasteiger partial charge in [-0.2, -0.15) is 0 Å². The van der Waals surface area contributed by atoms with Crippen LogP contribution < -0.4 is 4.74 Å². The second kappa shape index (κ2) is 5.90. The van der Waals surface area contributed by atoms with Crippen LogP contribution in [0.2, 0.25) is 0 Å². The van der Waals surface area contributed by atoms with E-state index in [2.05, 4.69) is 28.2 Å². The van der Waals surface area contributed by atoms with E-state index in [1.807, 2.05) is 30.3 Å². The van der Waals surface area contributed by atoms with Crippen LogP contribution in [-0.4, -0.2) is 13.2 Å². The molecule has 0 radical (unpaired) electrons. The van der Waals surface area contributed by atoms with Crippen LogP contribution in [0.5, 0.6) is 5.75 Å². The molecule has 106 valence electrons. The van der Waals surface area contributed by atoms with Crippen molar-refractivity contribution < 1.29 is 4.74 Å². The van der Waals surface area contributed by atoms with Crippen molar-refractivity contribution in [2.24, 2.45) is 5.11 Å². The summed E-state index contributed by atoms with van der Waals surface area (Å²) in [6, 6.07) is 16.5. The zero-order chi connectivity index (χ0) is 14.7. The summed E-state index contributed by atoms with van der Waals surface area (Å²) in [6.45, 7) is 0. The lowest BCUT2D eigenvalue weighted by Crippen LogP contribution is -2.22. The molecule has 0 bridgehead atoms. The van der Waals surface area contributed by atoms with Gasteiger partial charge in [-0.1, -0.05) is 47.6 Å². The number of hydrogen-bond acceptors (Lipinski definition) is 2. The van der Waals surface area contributed by atoms with Crippen molar-refractivity contribution in [1.29, 1.82) is 0 Å². The van der Waals surface area contributed by atoms with Crippen LogP contribution in [0.1, 0.15) is 29.0 Å². The van der Waals surface area contributed by atoms with Crippen molar-refractivity contribution >= 4 is 0 Å². The van der Waals surface area contributed by atoms with Crippen molar-refractivity contribution in [2.45, 2.75) is 24.8 Å². The predicted molar refractivity (Wildman–Crippen MR) is 82.5 cm³/mol. The average Bonchev–Trinajstić information content (AvgIpc) is 2.54. The molecular weight excluding hydrogens is 262 g/mol. The first kappa shape index (κ1) is 13.5. The van der Waals surface area contributed by atoms with Gasteiger partial charge in [-0.15, -0.1) is 0 Å². The molecule has 2 aromatic rings. The maximum atomic E-state index is 8.78. The number of hydrogen-bond donors (Lipinski definition) is 0. The minimum Gasteiger partial charge on any atom is -0.496 e. The maximum Gasteiger partial charge on any atom is 0.122 e. The van der Waals surface area contributed by atoms with Gasteiger partial charge in [0.2, 0.25) is 0 Å². The lowest BCUT2D eigenvalue weighted by molar-refractivity contribution is 0.400. The topological polar surface area (TPSA) is 58.0 Å². The number of azide groups is 1. The maximum absolute atomic E-state index is 8.78. The highest BCUT2D eigenvalue weighted by molar-refractivity contribution is 5.48. The molecule has 4 nitrogen and oxygen atoms in total. The summed E-state index contributed by atoms with van der Waals surface area (Å²) in [5.74, 6) is 1.13. The summed E-state index contributed by atoms with van der Waals surface area (Å²) in [5, 5.41) is 3.96. The fourth-order valence-electron chi connectivity index (χ4n) is 3.20. The van der Waals surface area contributed by atoms with E-state index in [9.17, 15) is 0 Å². The molecule has 2 aromatic carbocycles. The monoisotopic (exact) mass is 279 g/mol. The summed E-state index contributed by atoms with van der Waals surface area (Å²) >= 11 is 0. The van der Waals surface area contributed by atoms with Crippen LogP contribution in [-0.2, 0) is 6.42 Å². The van der Waals surface area contributed by atoms with Crippen LogP contribution in [0.4, 0.5) is 0 Å². The second-order valence-electron chi connectivity index (χ2n) is 5.29. The Bertz CT molecular complexity index is 678. The Hall–Kier alpha value is -2.45. The van der Waals surface area contributed by atoms with E-state index in [0.717, 1.165) is 24.2 Å². The molecule has 0 unspecified atom stereocenters. The fraction of sp³-hybridized carbons (Fsp3) is 0.294. The van der Waals surface area contributed by atoms with Gasteiger partial charge in [0.1, 0.15) is 5.75 Å². The normalized spacial score (nSPS) is 20.2. The molecular formula is C17H17N3O. The molecule has 0 fully saturated rings. The molecule has 3 rings (SSSR count). The summed E-state index contributed by atoms with van der Waals surface area (Å²) in [6.07, 6.45) is 1.58. The van der Waals surface area contributed by atoms with Gasteiger partial charge in [0.15, 0.2) is 0 Å². The molecule has 0 saturated carbocycles. The third-order valence-electron chi connectivity index (χ3n) is 4.13. The van der Waals surface area contributed by atoms with Gasteiger partial charge in [-0.05, 0) is 41.1 Å². The van der Waals surface area contributed by atoms with E-state index in [1.165, 1.54) is 11.1 Å². The van der Waals surface area contributed by atoms with Gasteiger partial charge in [0.25, 0.3) is 0 Å². The smallest absolute Gasteiger partial charge is 0.122 e. The van der Waals surface area contributed by atoms with E-state index in [-0.39, 0.29) is 12.0 Å². The Morgan fingerprint density at radius 3 is 2.67 bits per heavy atom. The molecule has 21 heavy (non-hydrogen) atoms. The third kappa shape index (κ3) is 2.58. The number of benzene rings is 2. The summed E-state index contributed by atoms with van der Waals surface area (Å²) in [7, 11) is 1.68. The highest BCUT2D eigenvalue weighted by Gasteiger charge is 2.29. The fourth-order valence-corrected chi connectivity index (χ4v) is 3.20. The van der Waals surface area contributed by atoms with Gasteiger partial charge in [-0.25, -0.2) is 0 Å². The Morgan fingerprint density at radius 1 is 1.14 bits per heavy atom. The van der Waals surface area contributed by atoms with E-state index in [0.29, 0.717) is 0 Å². The zero-order valence-electron chi connectivity index (χ0n) is 11.9. The van der Waals surface area contributed by atoms with E-state index >= 15 is 0 Å². The lowest BCUT2D eigenvalue weighted by Gasteiger charge is -2.30. The number of ether oxygens (including phenoxy) is 1. The standard InChI is InChI=1S/C17H17N3O/c1-21-17-9-5-8-14-15(12-6-3-2-4-7-12)10-13(19-20-18)11-16(14)17/h2-9,13,15H,10-11H2,1H3/t13-,15+/m1/s1. The van der Waals surface area contributed by atoms with Gasteiger partial charge in [0, 0.05) is 16.9 Å². The van der Waals surface area contributed by atoms with E-state index < -0.39 is 0 Å². The van der Waals surface area contributed by atoms with Gasteiger partial charge in [-0.3, -0.25) is 0 Å². The lowest BCUT2D eigenvalue weighted by atomic mass is 9.76. The minimum atomic E-state index is -0.0241. The molecule has 0 heterocycles. The largest absolute Gasteiger partial charge is 0.496 e. The molecule has 0 amide bonds. The first-order valence-corrected chi connectivity index (χ1v) is 7.08. The Kier molecular flexibility index (Phi) is 3.80. The predicted octanol–water partition coefficient (Wildman–Crippen LogP) is 4.45. The van der Waals surface area contributed by atoms with Crippen molar-refractivity contribution in [2.75, 3.05) is 7.11 Å². The number of nitrogens with zero attached hydrogens (tertiary/aromatic N) is 3. The van der Waals surface area contributed by atoms with Crippen LogP contribution in [0.25, 0.3) is 10.4 Å². The SMILES string of the molecule is COc1cccc2c1C[C@H](N=[N+]=[N-])C[C@H]2c1ccccc1. The first-order chi connectivity index (χ1) is 10.3. The van der Waals surface area contributed by atoms with E-state index in [4.69, 9.17) is 10.3 Å². The Labute approximate surface area is 124 Å². The Balaban J connectivity index is 2.11. The highest BCUT2D eigenvalue weighted by atomic mass is 16.5. The molecule has 0 aromatic heterocycles. The molecule has 1 aliphatic carbocycles. The van der Waals surface area contributed by atoms with Crippen LogP contribution in [0.3, 0.4) is 0 Å². The van der Waals surface area contributed by atoms with Crippen LogP contribution in [0, 0.1) is 0 Å². The number of rotatable bonds is 3. The van der Waals surface area contributed by atoms with Crippen molar-refractivity contribution in [3.05, 3.63) is 75.7 Å². The summed E-state index contributed by atoms with van der Waals surface area (Å²) < 4.78 is 5.49. The molecule has 1 aliphatic rings.